The Hall–Kier alpha value is -0.830. The fourth-order valence-corrected chi connectivity index (χ4v) is 3.18. The first-order valence-electron chi connectivity index (χ1n) is 7.69. The maximum absolute atomic E-state index is 4.37. The monoisotopic (exact) mass is 263 g/mol. The van der Waals surface area contributed by atoms with E-state index in [-0.39, 0.29) is 0 Å². The van der Waals surface area contributed by atoms with E-state index in [0.29, 0.717) is 17.4 Å². The van der Waals surface area contributed by atoms with Crippen LogP contribution in [0.2, 0.25) is 0 Å². The van der Waals surface area contributed by atoms with E-state index in [4.69, 9.17) is 0 Å². The van der Waals surface area contributed by atoms with E-state index >= 15 is 0 Å². The third-order valence-electron chi connectivity index (χ3n) is 4.18. The number of rotatable bonds is 5. The Morgan fingerprint density at radius 2 is 2.26 bits per heavy atom. The van der Waals surface area contributed by atoms with Crippen LogP contribution in [-0.2, 0) is 6.54 Å². The van der Waals surface area contributed by atoms with E-state index in [9.17, 15) is 0 Å². The van der Waals surface area contributed by atoms with Crippen molar-refractivity contribution in [3.05, 3.63) is 18.2 Å². The Morgan fingerprint density at radius 1 is 1.47 bits per heavy atom. The molecule has 2 rings (SSSR count). The van der Waals surface area contributed by atoms with Gasteiger partial charge in [0, 0.05) is 18.8 Å². The Bertz CT molecular complexity index is 392. The van der Waals surface area contributed by atoms with E-state index in [2.05, 4.69) is 42.6 Å². The minimum atomic E-state index is 0.482. The van der Waals surface area contributed by atoms with Gasteiger partial charge in [-0.25, -0.2) is 4.98 Å². The van der Waals surface area contributed by atoms with E-state index in [1.54, 1.807) is 0 Å². The van der Waals surface area contributed by atoms with Crippen molar-refractivity contribution in [1.29, 1.82) is 0 Å². The zero-order valence-electron chi connectivity index (χ0n) is 12.9. The summed E-state index contributed by atoms with van der Waals surface area (Å²) in [5.74, 6) is 0.699. The predicted octanol–water partition coefficient (Wildman–Crippen LogP) is 3.77. The van der Waals surface area contributed by atoms with Crippen molar-refractivity contribution in [2.45, 2.75) is 66.0 Å². The van der Waals surface area contributed by atoms with Gasteiger partial charge in [0.1, 0.15) is 0 Å². The van der Waals surface area contributed by atoms with Crippen molar-refractivity contribution in [1.82, 2.24) is 14.9 Å². The van der Waals surface area contributed by atoms with Gasteiger partial charge in [0.15, 0.2) is 0 Å². The molecule has 3 heteroatoms. The average molecular weight is 263 g/mol. The van der Waals surface area contributed by atoms with Crippen LogP contribution in [0.25, 0.3) is 0 Å². The van der Waals surface area contributed by atoms with E-state index in [1.807, 2.05) is 12.5 Å². The second-order valence-electron chi connectivity index (χ2n) is 7.23. The summed E-state index contributed by atoms with van der Waals surface area (Å²) in [6.07, 6.45) is 9.33. The van der Waals surface area contributed by atoms with Gasteiger partial charge in [0.05, 0.1) is 12.0 Å². The van der Waals surface area contributed by atoms with Gasteiger partial charge in [-0.3, -0.25) is 0 Å². The van der Waals surface area contributed by atoms with Crippen molar-refractivity contribution in [2.75, 3.05) is 6.54 Å². The Balaban J connectivity index is 1.98. The molecule has 0 radical (unpaired) electrons. The standard InChI is InChI=1S/C16H29N3/c1-13(2)9-17-10-15-11-18-12-19(15)14-6-5-7-16(3,4)8-14/h11-14,17H,5-10H2,1-4H3. The van der Waals surface area contributed by atoms with Crippen LogP contribution in [0.4, 0.5) is 0 Å². The molecule has 1 unspecified atom stereocenters. The van der Waals surface area contributed by atoms with Crippen LogP contribution in [0.3, 0.4) is 0 Å². The number of nitrogens with one attached hydrogen (secondary N) is 1. The molecule has 0 spiro atoms. The number of aromatic nitrogens is 2. The molecule has 0 aliphatic heterocycles. The fourth-order valence-electron chi connectivity index (χ4n) is 3.18. The molecule has 0 saturated heterocycles. The topological polar surface area (TPSA) is 29.9 Å². The predicted molar refractivity (Wildman–Crippen MR) is 80.1 cm³/mol. The largest absolute Gasteiger partial charge is 0.330 e. The third-order valence-corrected chi connectivity index (χ3v) is 4.18. The first kappa shape index (κ1) is 14.6. The molecule has 108 valence electrons. The summed E-state index contributed by atoms with van der Waals surface area (Å²) < 4.78 is 2.41. The van der Waals surface area contributed by atoms with E-state index < -0.39 is 0 Å². The summed E-state index contributed by atoms with van der Waals surface area (Å²) in [6, 6.07) is 0.641. The van der Waals surface area contributed by atoms with Crippen LogP contribution in [0.15, 0.2) is 12.5 Å². The van der Waals surface area contributed by atoms with Crippen LogP contribution in [0, 0.1) is 11.3 Å². The summed E-state index contributed by atoms with van der Waals surface area (Å²) in [5.41, 5.74) is 1.82. The quantitative estimate of drug-likeness (QED) is 0.876. The fraction of sp³-hybridized carbons (Fsp3) is 0.812. The maximum atomic E-state index is 4.37. The summed E-state index contributed by atoms with van der Waals surface area (Å²) >= 11 is 0. The van der Waals surface area contributed by atoms with Crippen LogP contribution in [0.5, 0.6) is 0 Å². The van der Waals surface area contributed by atoms with Crippen LogP contribution >= 0.6 is 0 Å². The smallest absolute Gasteiger partial charge is 0.0951 e. The minimum absolute atomic E-state index is 0.482. The van der Waals surface area contributed by atoms with Crippen LogP contribution in [-0.4, -0.2) is 16.1 Å². The lowest BCUT2D eigenvalue weighted by Crippen LogP contribution is -2.27. The molecular formula is C16H29N3. The molecule has 1 N–H and O–H groups in total. The zero-order chi connectivity index (χ0) is 13.9. The highest BCUT2D eigenvalue weighted by atomic mass is 15.1. The summed E-state index contributed by atoms with van der Waals surface area (Å²) in [4.78, 5) is 4.37. The van der Waals surface area contributed by atoms with Gasteiger partial charge in [-0.05, 0) is 37.1 Å². The average Bonchev–Trinajstić information content (AvgIpc) is 2.75. The molecule has 1 aromatic rings. The summed E-state index contributed by atoms with van der Waals surface area (Å²) in [5, 5.41) is 3.53. The van der Waals surface area contributed by atoms with Gasteiger partial charge < -0.3 is 9.88 Å². The van der Waals surface area contributed by atoms with E-state index in [1.165, 1.54) is 31.4 Å². The molecule has 0 aromatic carbocycles. The van der Waals surface area contributed by atoms with E-state index in [0.717, 1.165) is 13.1 Å². The lowest BCUT2D eigenvalue weighted by Gasteiger charge is -2.36. The van der Waals surface area contributed by atoms with Crippen molar-refractivity contribution < 1.29 is 0 Å². The second-order valence-corrected chi connectivity index (χ2v) is 7.23. The molecule has 1 atom stereocenters. The lowest BCUT2D eigenvalue weighted by atomic mass is 9.75. The molecule has 1 saturated carbocycles. The van der Waals surface area contributed by atoms with Crippen molar-refractivity contribution >= 4 is 0 Å². The molecule has 1 heterocycles. The number of nitrogens with zero attached hydrogens (tertiary/aromatic N) is 2. The highest BCUT2D eigenvalue weighted by Gasteiger charge is 2.29. The van der Waals surface area contributed by atoms with Gasteiger partial charge in [-0.1, -0.05) is 34.1 Å². The van der Waals surface area contributed by atoms with Gasteiger partial charge >= 0.3 is 0 Å². The second kappa shape index (κ2) is 6.08. The highest BCUT2D eigenvalue weighted by molar-refractivity contribution is 5.01. The van der Waals surface area contributed by atoms with Crippen LogP contribution in [0.1, 0.15) is 65.1 Å². The molecule has 0 bridgehead atoms. The van der Waals surface area contributed by atoms with Gasteiger partial charge in [0.2, 0.25) is 0 Å². The molecule has 0 amide bonds. The number of imidazole rings is 1. The maximum Gasteiger partial charge on any atom is 0.0951 e. The Labute approximate surface area is 117 Å². The Morgan fingerprint density at radius 3 is 2.95 bits per heavy atom. The summed E-state index contributed by atoms with van der Waals surface area (Å²) in [7, 11) is 0. The molecule has 1 aromatic heterocycles. The van der Waals surface area contributed by atoms with Crippen molar-refractivity contribution in [3.8, 4) is 0 Å². The van der Waals surface area contributed by atoms with Gasteiger partial charge in [-0.2, -0.15) is 0 Å². The SMILES string of the molecule is CC(C)CNCc1cncn1C1CCCC(C)(C)C1. The number of hydrogen-bond donors (Lipinski definition) is 1. The van der Waals surface area contributed by atoms with Crippen molar-refractivity contribution in [3.63, 3.8) is 0 Å². The highest BCUT2D eigenvalue weighted by Crippen LogP contribution is 2.41. The zero-order valence-corrected chi connectivity index (χ0v) is 12.9. The summed E-state index contributed by atoms with van der Waals surface area (Å²) in [6.45, 7) is 11.3. The molecule has 1 aliphatic rings. The third kappa shape index (κ3) is 4.07. The molecule has 1 aliphatic carbocycles. The first-order valence-corrected chi connectivity index (χ1v) is 7.69. The van der Waals surface area contributed by atoms with Gasteiger partial charge in [0.25, 0.3) is 0 Å². The normalized spacial score (nSPS) is 22.9. The lowest BCUT2D eigenvalue weighted by molar-refractivity contribution is 0.181. The molecule has 1 fully saturated rings. The van der Waals surface area contributed by atoms with Crippen LogP contribution < -0.4 is 5.32 Å². The molecule has 19 heavy (non-hydrogen) atoms. The first-order chi connectivity index (χ1) is 8.98. The number of hydrogen-bond acceptors (Lipinski definition) is 2. The molecular weight excluding hydrogens is 234 g/mol. The minimum Gasteiger partial charge on any atom is -0.330 e. The molecule has 3 nitrogen and oxygen atoms in total. The Kier molecular flexibility index (Phi) is 4.67. The van der Waals surface area contributed by atoms with Crippen molar-refractivity contribution in [2.24, 2.45) is 11.3 Å². The van der Waals surface area contributed by atoms with Gasteiger partial charge in [-0.15, -0.1) is 0 Å².